The number of amides is 1. The van der Waals surface area contributed by atoms with Crippen molar-refractivity contribution in [1.82, 2.24) is 20.3 Å². The molecule has 116 valence electrons. The zero-order chi connectivity index (χ0) is 15.8. The summed E-state index contributed by atoms with van der Waals surface area (Å²) in [5, 5.41) is 4.19. The summed E-state index contributed by atoms with van der Waals surface area (Å²) in [4.78, 5) is 23.6. The van der Waals surface area contributed by atoms with Gasteiger partial charge in [-0.3, -0.25) is 9.78 Å². The van der Waals surface area contributed by atoms with Crippen LogP contribution >= 0.6 is 0 Å². The average Bonchev–Trinajstić information content (AvgIpc) is 3.12. The molecule has 1 amide bonds. The Morgan fingerprint density at radius 1 is 1.35 bits per heavy atom. The number of hydrogen-bond acceptors (Lipinski definition) is 4. The fourth-order valence-corrected chi connectivity index (χ4v) is 3.16. The van der Waals surface area contributed by atoms with Crippen molar-refractivity contribution in [1.29, 1.82) is 0 Å². The van der Waals surface area contributed by atoms with E-state index in [0.29, 0.717) is 5.69 Å². The Balaban J connectivity index is 1.55. The number of aromatic nitrogens is 3. The van der Waals surface area contributed by atoms with Crippen molar-refractivity contribution in [3.63, 3.8) is 0 Å². The molecule has 3 aromatic rings. The van der Waals surface area contributed by atoms with Crippen molar-refractivity contribution >= 4 is 16.8 Å². The highest BCUT2D eigenvalue weighted by Gasteiger charge is 2.27. The second-order valence-electron chi connectivity index (χ2n) is 5.66. The quantitative estimate of drug-likeness (QED) is 0.774. The Bertz CT molecular complexity index is 873. The summed E-state index contributed by atoms with van der Waals surface area (Å²) in [6.07, 6.45) is 6.14. The van der Waals surface area contributed by atoms with Crippen LogP contribution in [0.1, 0.15) is 21.7 Å². The van der Waals surface area contributed by atoms with Crippen molar-refractivity contribution < 1.29 is 9.53 Å². The SMILES string of the molecule is COc1ccc2[nH]c3c(c2c1)CC(NC(=O)c1cnccn1)C3. The number of methoxy groups -OCH3 is 1. The molecule has 23 heavy (non-hydrogen) atoms. The van der Waals surface area contributed by atoms with E-state index < -0.39 is 0 Å². The van der Waals surface area contributed by atoms with Crippen LogP contribution in [-0.2, 0) is 12.8 Å². The van der Waals surface area contributed by atoms with E-state index in [2.05, 4.69) is 20.3 Å². The first-order chi connectivity index (χ1) is 11.2. The molecule has 2 N–H and O–H groups in total. The van der Waals surface area contributed by atoms with Crippen LogP contribution in [0, 0.1) is 0 Å². The number of nitrogens with one attached hydrogen (secondary N) is 2. The van der Waals surface area contributed by atoms with Crippen molar-refractivity contribution in [3.8, 4) is 5.75 Å². The van der Waals surface area contributed by atoms with Gasteiger partial charge in [0, 0.05) is 41.5 Å². The lowest BCUT2D eigenvalue weighted by Crippen LogP contribution is -2.36. The number of nitrogens with zero attached hydrogens (tertiary/aromatic N) is 2. The second kappa shape index (κ2) is 5.39. The Kier molecular flexibility index (Phi) is 3.22. The lowest BCUT2D eigenvalue weighted by molar-refractivity contribution is 0.0933. The van der Waals surface area contributed by atoms with Crippen LogP contribution in [0.2, 0.25) is 0 Å². The van der Waals surface area contributed by atoms with Gasteiger partial charge in [0.05, 0.1) is 13.3 Å². The van der Waals surface area contributed by atoms with E-state index in [1.165, 1.54) is 23.7 Å². The van der Waals surface area contributed by atoms with Crippen LogP contribution in [0.4, 0.5) is 0 Å². The smallest absolute Gasteiger partial charge is 0.271 e. The van der Waals surface area contributed by atoms with Gasteiger partial charge in [0.25, 0.3) is 5.91 Å². The average molecular weight is 308 g/mol. The van der Waals surface area contributed by atoms with Gasteiger partial charge >= 0.3 is 0 Å². The monoisotopic (exact) mass is 308 g/mol. The number of aromatic amines is 1. The molecular formula is C17H16N4O2. The van der Waals surface area contributed by atoms with Gasteiger partial charge in [-0.05, 0) is 30.2 Å². The predicted octanol–water partition coefficient (Wildman–Crippen LogP) is 1.86. The first-order valence-corrected chi connectivity index (χ1v) is 7.49. The molecule has 0 saturated heterocycles. The lowest BCUT2D eigenvalue weighted by Gasteiger charge is -2.12. The maximum absolute atomic E-state index is 12.2. The first kappa shape index (κ1) is 13.8. The number of hydrogen-bond donors (Lipinski definition) is 2. The molecule has 1 aliphatic carbocycles. The van der Waals surface area contributed by atoms with Gasteiger partial charge in [-0.1, -0.05) is 0 Å². The zero-order valence-corrected chi connectivity index (χ0v) is 12.7. The van der Waals surface area contributed by atoms with Crippen molar-refractivity contribution in [2.45, 2.75) is 18.9 Å². The Morgan fingerprint density at radius 3 is 3.04 bits per heavy atom. The van der Waals surface area contributed by atoms with Crippen LogP contribution in [0.25, 0.3) is 10.9 Å². The normalized spacial score (nSPS) is 16.3. The molecule has 0 fully saturated rings. The van der Waals surface area contributed by atoms with E-state index in [0.717, 1.165) is 29.5 Å². The molecule has 1 unspecified atom stereocenters. The predicted molar refractivity (Wildman–Crippen MR) is 85.5 cm³/mol. The lowest BCUT2D eigenvalue weighted by atomic mass is 10.1. The topological polar surface area (TPSA) is 79.9 Å². The number of rotatable bonds is 3. The first-order valence-electron chi connectivity index (χ1n) is 7.49. The minimum atomic E-state index is -0.185. The van der Waals surface area contributed by atoms with E-state index >= 15 is 0 Å². The minimum Gasteiger partial charge on any atom is -0.497 e. The number of carbonyl (C=O) groups excluding carboxylic acids is 1. The summed E-state index contributed by atoms with van der Waals surface area (Å²) < 4.78 is 5.30. The van der Waals surface area contributed by atoms with Crippen LogP contribution < -0.4 is 10.1 Å². The Labute approximate surface area is 132 Å². The van der Waals surface area contributed by atoms with E-state index in [-0.39, 0.29) is 11.9 Å². The van der Waals surface area contributed by atoms with E-state index in [4.69, 9.17) is 4.74 Å². The summed E-state index contributed by atoms with van der Waals surface area (Å²) in [7, 11) is 1.66. The molecule has 1 aromatic carbocycles. The molecule has 1 atom stereocenters. The zero-order valence-electron chi connectivity index (χ0n) is 12.7. The second-order valence-corrected chi connectivity index (χ2v) is 5.66. The highest BCUT2D eigenvalue weighted by atomic mass is 16.5. The third kappa shape index (κ3) is 2.42. The van der Waals surface area contributed by atoms with Crippen LogP contribution in [-0.4, -0.2) is 34.0 Å². The number of carbonyl (C=O) groups is 1. The van der Waals surface area contributed by atoms with Crippen molar-refractivity contribution in [2.24, 2.45) is 0 Å². The van der Waals surface area contributed by atoms with Gasteiger partial charge in [0.2, 0.25) is 0 Å². The number of fused-ring (bicyclic) bond motifs is 3. The fourth-order valence-electron chi connectivity index (χ4n) is 3.16. The maximum atomic E-state index is 12.2. The highest BCUT2D eigenvalue weighted by molar-refractivity contribution is 5.92. The molecule has 0 spiro atoms. The molecule has 2 aromatic heterocycles. The molecule has 0 bridgehead atoms. The van der Waals surface area contributed by atoms with Gasteiger partial charge in [-0.25, -0.2) is 4.98 Å². The fraction of sp³-hybridized carbons (Fsp3) is 0.235. The summed E-state index contributed by atoms with van der Waals surface area (Å²) >= 11 is 0. The van der Waals surface area contributed by atoms with Gasteiger partial charge in [-0.15, -0.1) is 0 Å². The van der Waals surface area contributed by atoms with E-state index in [1.54, 1.807) is 13.3 Å². The molecule has 0 radical (unpaired) electrons. The van der Waals surface area contributed by atoms with Crippen molar-refractivity contribution in [2.75, 3.05) is 7.11 Å². The molecule has 2 heterocycles. The van der Waals surface area contributed by atoms with Crippen LogP contribution in [0.15, 0.2) is 36.8 Å². The molecule has 1 aliphatic rings. The largest absolute Gasteiger partial charge is 0.497 e. The van der Waals surface area contributed by atoms with Crippen LogP contribution in [0.5, 0.6) is 5.75 Å². The molecule has 6 nitrogen and oxygen atoms in total. The molecule has 0 aliphatic heterocycles. The van der Waals surface area contributed by atoms with Gasteiger partial charge in [0.15, 0.2) is 0 Å². The van der Waals surface area contributed by atoms with Crippen LogP contribution in [0.3, 0.4) is 0 Å². The number of benzene rings is 1. The summed E-state index contributed by atoms with van der Waals surface area (Å²) in [5.74, 6) is 0.654. The molecular weight excluding hydrogens is 292 g/mol. The minimum absolute atomic E-state index is 0.0707. The molecule has 6 heteroatoms. The standard InChI is InChI=1S/C17H16N4O2/c1-23-11-2-3-14-13(8-11)12-6-10(7-15(12)21-14)20-17(22)16-9-18-4-5-19-16/h2-5,8-10,21H,6-7H2,1H3,(H,20,22). The van der Waals surface area contributed by atoms with E-state index in [9.17, 15) is 4.79 Å². The summed E-state index contributed by atoms with van der Waals surface area (Å²) in [6.45, 7) is 0. The van der Waals surface area contributed by atoms with Gasteiger partial charge < -0.3 is 15.0 Å². The van der Waals surface area contributed by atoms with Crippen molar-refractivity contribution in [3.05, 3.63) is 53.7 Å². The summed E-state index contributed by atoms with van der Waals surface area (Å²) in [5.41, 5.74) is 3.88. The maximum Gasteiger partial charge on any atom is 0.271 e. The summed E-state index contributed by atoms with van der Waals surface area (Å²) in [6, 6.07) is 6.08. The number of ether oxygens (including phenoxy) is 1. The molecule has 0 saturated carbocycles. The molecule has 4 rings (SSSR count). The van der Waals surface area contributed by atoms with E-state index in [1.807, 2.05) is 18.2 Å². The Hall–Kier alpha value is -2.89. The van der Waals surface area contributed by atoms with Gasteiger partial charge in [-0.2, -0.15) is 0 Å². The van der Waals surface area contributed by atoms with Gasteiger partial charge in [0.1, 0.15) is 11.4 Å². The third-order valence-electron chi connectivity index (χ3n) is 4.23. The highest BCUT2D eigenvalue weighted by Crippen LogP contribution is 2.32. The Morgan fingerprint density at radius 2 is 2.26 bits per heavy atom. The number of H-pyrrole nitrogens is 1. The third-order valence-corrected chi connectivity index (χ3v) is 4.23.